The van der Waals surface area contributed by atoms with Crippen LogP contribution in [-0.2, 0) is 4.79 Å². The van der Waals surface area contributed by atoms with Crippen LogP contribution in [0.2, 0.25) is 0 Å². The number of nitriles is 1. The van der Waals surface area contributed by atoms with Crippen molar-refractivity contribution in [2.75, 3.05) is 6.61 Å². The lowest BCUT2D eigenvalue weighted by Gasteiger charge is -2.07. The van der Waals surface area contributed by atoms with Crippen LogP contribution in [-0.4, -0.2) is 12.4 Å². The van der Waals surface area contributed by atoms with E-state index in [1.807, 2.05) is 19.1 Å². The first-order valence-corrected chi connectivity index (χ1v) is 4.76. The molecule has 0 amide bonds. The van der Waals surface area contributed by atoms with Gasteiger partial charge in [0.2, 0.25) is 0 Å². The molecule has 0 fully saturated rings. The first kappa shape index (κ1) is 11.3. The predicted octanol–water partition coefficient (Wildman–Crippen LogP) is 2.22. The Labute approximate surface area is 89.3 Å². The van der Waals surface area contributed by atoms with Crippen molar-refractivity contribution in [1.29, 1.82) is 5.26 Å². The fraction of sp³-hybridized carbons (Fsp3) is 0.333. The lowest BCUT2D eigenvalue weighted by molar-refractivity contribution is -0.117. The Kier molecular flexibility index (Phi) is 3.87. The van der Waals surface area contributed by atoms with Gasteiger partial charge in [0.1, 0.15) is 11.5 Å². The number of ether oxygens (including phenoxy) is 1. The van der Waals surface area contributed by atoms with E-state index in [2.05, 4.69) is 0 Å². The predicted molar refractivity (Wildman–Crippen MR) is 56.7 cm³/mol. The van der Waals surface area contributed by atoms with E-state index in [1.165, 1.54) is 6.92 Å². The molecule has 3 nitrogen and oxygen atoms in total. The van der Waals surface area contributed by atoms with Crippen molar-refractivity contribution in [3.63, 3.8) is 0 Å². The molecule has 0 aliphatic rings. The molecule has 0 radical (unpaired) electrons. The fourth-order valence-corrected chi connectivity index (χ4v) is 1.13. The molecule has 0 atom stereocenters. The van der Waals surface area contributed by atoms with Crippen LogP contribution < -0.4 is 4.74 Å². The molecule has 15 heavy (non-hydrogen) atoms. The average molecular weight is 203 g/mol. The molecule has 1 rings (SSSR count). The summed E-state index contributed by atoms with van der Waals surface area (Å²) in [4.78, 5) is 10.7. The minimum Gasteiger partial charge on any atom is -0.493 e. The van der Waals surface area contributed by atoms with Gasteiger partial charge in [0.15, 0.2) is 0 Å². The molecule has 1 aromatic carbocycles. The molecule has 0 aliphatic heterocycles. The maximum atomic E-state index is 10.7. The van der Waals surface area contributed by atoms with Crippen LogP contribution >= 0.6 is 0 Å². The molecule has 0 aromatic heterocycles. The van der Waals surface area contributed by atoms with Gasteiger partial charge in [0, 0.05) is 6.42 Å². The summed E-state index contributed by atoms with van der Waals surface area (Å²) in [6, 6.07) is 7.31. The highest BCUT2D eigenvalue weighted by atomic mass is 16.5. The van der Waals surface area contributed by atoms with Crippen LogP contribution in [0, 0.1) is 18.3 Å². The number of hydrogen-bond donors (Lipinski definition) is 0. The Morgan fingerprint density at radius 2 is 2.27 bits per heavy atom. The van der Waals surface area contributed by atoms with Crippen molar-refractivity contribution in [3.8, 4) is 11.8 Å². The molecule has 0 saturated carbocycles. The number of ketones is 1. The molecule has 0 saturated heterocycles. The highest BCUT2D eigenvalue weighted by Gasteiger charge is 2.02. The molecule has 3 heteroatoms. The minimum atomic E-state index is 0.101. The van der Waals surface area contributed by atoms with Gasteiger partial charge < -0.3 is 4.74 Å². The zero-order chi connectivity index (χ0) is 11.3. The minimum absolute atomic E-state index is 0.101. The SMILES string of the molecule is CC(=O)CCOc1cc(C#N)ccc1C. The third-order valence-corrected chi connectivity index (χ3v) is 2.03. The van der Waals surface area contributed by atoms with Gasteiger partial charge in [0.05, 0.1) is 18.2 Å². The molecule has 0 N–H and O–H groups in total. The van der Waals surface area contributed by atoms with Gasteiger partial charge >= 0.3 is 0 Å². The van der Waals surface area contributed by atoms with Gasteiger partial charge in [-0.05, 0) is 31.5 Å². The van der Waals surface area contributed by atoms with Crippen LogP contribution in [0.5, 0.6) is 5.75 Å². The number of hydrogen-bond acceptors (Lipinski definition) is 3. The first-order chi connectivity index (χ1) is 7.13. The van der Waals surface area contributed by atoms with E-state index in [9.17, 15) is 4.79 Å². The quantitative estimate of drug-likeness (QED) is 0.753. The normalized spacial score (nSPS) is 9.40. The summed E-state index contributed by atoms with van der Waals surface area (Å²) >= 11 is 0. The van der Waals surface area contributed by atoms with E-state index in [1.54, 1.807) is 12.1 Å². The van der Waals surface area contributed by atoms with Crippen molar-refractivity contribution < 1.29 is 9.53 Å². The van der Waals surface area contributed by atoms with Crippen molar-refractivity contribution in [2.45, 2.75) is 20.3 Å². The molecule has 78 valence electrons. The molecule has 0 bridgehead atoms. The standard InChI is InChI=1S/C12H13NO2/c1-9-3-4-11(8-13)7-12(9)15-6-5-10(2)14/h3-4,7H,5-6H2,1-2H3. The fourth-order valence-electron chi connectivity index (χ4n) is 1.13. The van der Waals surface area contributed by atoms with Crippen molar-refractivity contribution in [1.82, 2.24) is 0 Å². The first-order valence-electron chi connectivity index (χ1n) is 4.76. The zero-order valence-electron chi connectivity index (χ0n) is 8.91. The summed E-state index contributed by atoms with van der Waals surface area (Å²) in [5.74, 6) is 0.777. The van der Waals surface area contributed by atoms with Crippen LogP contribution in [0.4, 0.5) is 0 Å². The highest BCUT2D eigenvalue weighted by Crippen LogP contribution is 2.19. The molecule has 0 heterocycles. The van der Waals surface area contributed by atoms with Crippen LogP contribution in [0.25, 0.3) is 0 Å². The number of aryl methyl sites for hydroxylation is 1. The molecule has 1 aromatic rings. The summed E-state index contributed by atoms with van der Waals surface area (Å²) in [6.07, 6.45) is 0.399. The van der Waals surface area contributed by atoms with E-state index in [0.717, 1.165) is 5.56 Å². The smallest absolute Gasteiger partial charge is 0.133 e. The number of nitrogens with zero attached hydrogens (tertiary/aromatic N) is 1. The van der Waals surface area contributed by atoms with E-state index in [-0.39, 0.29) is 5.78 Å². The second kappa shape index (κ2) is 5.16. The summed E-state index contributed by atoms with van der Waals surface area (Å²) < 4.78 is 5.42. The van der Waals surface area contributed by atoms with E-state index < -0.39 is 0 Å². The third-order valence-electron chi connectivity index (χ3n) is 2.03. The van der Waals surface area contributed by atoms with Gasteiger partial charge in [-0.1, -0.05) is 6.07 Å². The maximum absolute atomic E-state index is 10.7. The Hall–Kier alpha value is -1.82. The largest absolute Gasteiger partial charge is 0.493 e. The zero-order valence-corrected chi connectivity index (χ0v) is 8.91. The number of Topliss-reactive ketones (excluding diaryl/α,β-unsaturated/α-hetero) is 1. The third kappa shape index (κ3) is 3.43. The molecular weight excluding hydrogens is 190 g/mol. The average Bonchev–Trinajstić information content (AvgIpc) is 2.20. The second-order valence-electron chi connectivity index (χ2n) is 3.39. The van der Waals surface area contributed by atoms with Crippen LogP contribution in [0.3, 0.4) is 0 Å². The van der Waals surface area contributed by atoms with Gasteiger partial charge in [0.25, 0.3) is 0 Å². The second-order valence-corrected chi connectivity index (χ2v) is 3.39. The van der Waals surface area contributed by atoms with Crippen molar-refractivity contribution >= 4 is 5.78 Å². The van der Waals surface area contributed by atoms with Crippen molar-refractivity contribution in [3.05, 3.63) is 29.3 Å². The molecule has 0 unspecified atom stereocenters. The van der Waals surface area contributed by atoms with Gasteiger partial charge in [-0.2, -0.15) is 5.26 Å². The molecule has 0 spiro atoms. The van der Waals surface area contributed by atoms with Gasteiger partial charge in [-0.15, -0.1) is 0 Å². The molecular formula is C12H13NO2. The Morgan fingerprint density at radius 3 is 2.87 bits per heavy atom. The summed E-state index contributed by atoms with van der Waals surface area (Å²) in [5, 5.41) is 8.71. The monoisotopic (exact) mass is 203 g/mol. The lowest BCUT2D eigenvalue weighted by atomic mass is 10.1. The van der Waals surface area contributed by atoms with E-state index >= 15 is 0 Å². The van der Waals surface area contributed by atoms with Gasteiger partial charge in [-0.25, -0.2) is 0 Å². The summed E-state index contributed by atoms with van der Waals surface area (Å²) in [5.41, 5.74) is 1.54. The Morgan fingerprint density at radius 1 is 1.53 bits per heavy atom. The summed E-state index contributed by atoms with van der Waals surface area (Å²) in [6.45, 7) is 3.80. The highest BCUT2D eigenvalue weighted by molar-refractivity contribution is 5.75. The molecule has 0 aliphatic carbocycles. The Balaban J connectivity index is 2.68. The Bertz CT molecular complexity index is 405. The number of benzene rings is 1. The van der Waals surface area contributed by atoms with E-state index in [4.69, 9.17) is 10.00 Å². The van der Waals surface area contributed by atoms with Crippen LogP contribution in [0.1, 0.15) is 24.5 Å². The number of rotatable bonds is 4. The number of carbonyl (C=O) groups excluding carboxylic acids is 1. The number of carbonyl (C=O) groups is 1. The van der Waals surface area contributed by atoms with E-state index in [0.29, 0.717) is 24.3 Å². The summed E-state index contributed by atoms with van der Waals surface area (Å²) in [7, 11) is 0. The topological polar surface area (TPSA) is 50.1 Å². The maximum Gasteiger partial charge on any atom is 0.133 e. The van der Waals surface area contributed by atoms with Crippen LogP contribution in [0.15, 0.2) is 18.2 Å². The van der Waals surface area contributed by atoms with Gasteiger partial charge in [-0.3, -0.25) is 4.79 Å². The lowest BCUT2D eigenvalue weighted by Crippen LogP contribution is -2.03. The van der Waals surface area contributed by atoms with Crippen molar-refractivity contribution in [2.24, 2.45) is 0 Å².